The number of thioether (sulfide) groups is 1. The van der Waals surface area contributed by atoms with Crippen molar-refractivity contribution < 1.29 is 0 Å². The molecule has 2 heterocycles. The van der Waals surface area contributed by atoms with Crippen LogP contribution in [0.2, 0.25) is 0 Å². The van der Waals surface area contributed by atoms with Gasteiger partial charge in [-0.1, -0.05) is 32.6 Å². The standard InChI is InChI=1S/C16H25NS2/c1-2-11-5-3-4-6-13(11)16(17)15-9-12-10-18-8-7-14(12)19-15/h9,11,13,16H,2-8,10,17H2,1H3. The van der Waals surface area contributed by atoms with Crippen molar-refractivity contribution in [3.05, 3.63) is 21.4 Å². The van der Waals surface area contributed by atoms with Crippen LogP contribution in [-0.4, -0.2) is 5.75 Å². The third kappa shape index (κ3) is 2.88. The Morgan fingerprint density at radius 1 is 1.37 bits per heavy atom. The molecule has 1 saturated carbocycles. The van der Waals surface area contributed by atoms with Gasteiger partial charge in [0.25, 0.3) is 0 Å². The summed E-state index contributed by atoms with van der Waals surface area (Å²) >= 11 is 4.08. The lowest BCUT2D eigenvalue weighted by atomic mass is 9.74. The summed E-state index contributed by atoms with van der Waals surface area (Å²) in [6.45, 7) is 2.34. The monoisotopic (exact) mass is 295 g/mol. The summed E-state index contributed by atoms with van der Waals surface area (Å²) in [5, 5.41) is 0. The fourth-order valence-corrected chi connectivity index (χ4v) is 6.22. The average molecular weight is 296 g/mol. The molecule has 106 valence electrons. The molecule has 3 rings (SSSR count). The van der Waals surface area contributed by atoms with E-state index in [1.165, 1.54) is 54.9 Å². The maximum absolute atomic E-state index is 6.65. The number of nitrogens with two attached hydrogens (primary N) is 1. The van der Waals surface area contributed by atoms with Crippen LogP contribution in [0.25, 0.3) is 0 Å². The van der Waals surface area contributed by atoms with Gasteiger partial charge in [0.15, 0.2) is 0 Å². The van der Waals surface area contributed by atoms with Crippen molar-refractivity contribution in [2.75, 3.05) is 5.75 Å². The fourth-order valence-electron chi connectivity index (χ4n) is 3.76. The Bertz CT molecular complexity index is 403. The van der Waals surface area contributed by atoms with Gasteiger partial charge in [-0.05, 0) is 42.1 Å². The van der Waals surface area contributed by atoms with Crippen molar-refractivity contribution in [3.63, 3.8) is 0 Å². The highest BCUT2D eigenvalue weighted by molar-refractivity contribution is 7.98. The van der Waals surface area contributed by atoms with E-state index in [-0.39, 0.29) is 0 Å². The van der Waals surface area contributed by atoms with E-state index >= 15 is 0 Å². The molecule has 1 aromatic heterocycles. The van der Waals surface area contributed by atoms with Crippen molar-refractivity contribution in [3.8, 4) is 0 Å². The minimum absolute atomic E-state index is 0.297. The normalized spacial score (nSPS) is 28.9. The molecule has 2 N–H and O–H groups in total. The van der Waals surface area contributed by atoms with Crippen molar-refractivity contribution in [2.24, 2.45) is 17.6 Å². The molecule has 1 nitrogen and oxygen atoms in total. The summed E-state index contributed by atoms with van der Waals surface area (Å²) in [7, 11) is 0. The maximum atomic E-state index is 6.65. The van der Waals surface area contributed by atoms with Crippen LogP contribution in [0.4, 0.5) is 0 Å². The van der Waals surface area contributed by atoms with Crippen molar-refractivity contribution in [2.45, 2.75) is 57.2 Å². The second kappa shape index (κ2) is 6.19. The molecule has 0 bridgehead atoms. The van der Waals surface area contributed by atoms with Gasteiger partial charge in [0, 0.05) is 21.5 Å². The number of rotatable bonds is 3. The zero-order valence-electron chi connectivity index (χ0n) is 11.9. The Morgan fingerprint density at radius 2 is 2.21 bits per heavy atom. The molecular formula is C16H25NS2. The van der Waals surface area contributed by atoms with Crippen molar-refractivity contribution >= 4 is 23.1 Å². The fraction of sp³-hybridized carbons (Fsp3) is 0.750. The largest absolute Gasteiger partial charge is 0.323 e. The lowest BCUT2D eigenvalue weighted by Crippen LogP contribution is -2.29. The Morgan fingerprint density at radius 3 is 3.00 bits per heavy atom. The zero-order valence-corrected chi connectivity index (χ0v) is 13.5. The highest BCUT2D eigenvalue weighted by Crippen LogP contribution is 2.42. The molecule has 1 aromatic rings. The second-order valence-electron chi connectivity index (χ2n) is 6.04. The molecule has 0 radical (unpaired) electrons. The summed E-state index contributed by atoms with van der Waals surface area (Å²) in [6, 6.07) is 2.73. The van der Waals surface area contributed by atoms with Gasteiger partial charge in [0.1, 0.15) is 0 Å². The predicted molar refractivity (Wildman–Crippen MR) is 86.9 cm³/mol. The molecule has 0 amide bonds. The molecule has 0 aromatic carbocycles. The van der Waals surface area contributed by atoms with Gasteiger partial charge in [0.05, 0.1) is 0 Å². The molecule has 0 spiro atoms. The quantitative estimate of drug-likeness (QED) is 0.870. The van der Waals surface area contributed by atoms with Gasteiger partial charge in [0.2, 0.25) is 0 Å². The first-order valence-corrected chi connectivity index (χ1v) is 9.71. The number of thiophene rings is 1. The topological polar surface area (TPSA) is 26.0 Å². The van der Waals surface area contributed by atoms with Gasteiger partial charge in [-0.25, -0.2) is 0 Å². The molecule has 2 aliphatic rings. The number of hydrogen-bond donors (Lipinski definition) is 1. The zero-order chi connectivity index (χ0) is 13.2. The van der Waals surface area contributed by atoms with Crippen LogP contribution in [0.3, 0.4) is 0 Å². The van der Waals surface area contributed by atoms with Crippen molar-refractivity contribution in [1.82, 2.24) is 0 Å². The molecule has 3 unspecified atom stereocenters. The molecule has 1 fully saturated rings. The molecule has 3 heteroatoms. The highest BCUT2D eigenvalue weighted by atomic mass is 32.2. The van der Waals surface area contributed by atoms with Crippen LogP contribution >= 0.6 is 23.1 Å². The summed E-state index contributed by atoms with van der Waals surface area (Å²) in [6.07, 6.45) is 8.11. The lowest BCUT2D eigenvalue weighted by molar-refractivity contribution is 0.198. The Balaban J connectivity index is 1.78. The SMILES string of the molecule is CCC1CCCCC1C(N)c1cc2c(s1)CCSC2. The smallest absolute Gasteiger partial charge is 0.0421 e. The van der Waals surface area contributed by atoms with Crippen LogP contribution in [0.5, 0.6) is 0 Å². The number of hydrogen-bond acceptors (Lipinski definition) is 3. The van der Waals surface area contributed by atoms with E-state index in [4.69, 9.17) is 5.73 Å². The predicted octanol–water partition coefficient (Wildman–Crippen LogP) is 4.75. The van der Waals surface area contributed by atoms with E-state index in [0.29, 0.717) is 6.04 Å². The summed E-state index contributed by atoms with van der Waals surface area (Å²) < 4.78 is 0. The van der Waals surface area contributed by atoms with Crippen molar-refractivity contribution in [1.29, 1.82) is 0 Å². The summed E-state index contributed by atoms with van der Waals surface area (Å²) in [4.78, 5) is 3.09. The highest BCUT2D eigenvalue weighted by Gasteiger charge is 2.31. The van der Waals surface area contributed by atoms with Crippen LogP contribution in [0, 0.1) is 11.8 Å². The lowest BCUT2D eigenvalue weighted by Gasteiger charge is -2.34. The van der Waals surface area contributed by atoms with E-state index in [0.717, 1.165) is 11.8 Å². The summed E-state index contributed by atoms with van der Waals surface area (Å²) in [5.41, 5.74) is 8.23. The molecule has 3 atom stereocenters. The first-order valence-electron chi connectivity index (χ1n) is 7.74. The average Bonchev–Trinajstić information content (AvgIpc) is 2.90. The number of fused-ring (bicyclic) bond motifs is 1. The van der Waals surface area contributed by atoms with E-state index in [1.54, 1.807) is 10.4 Å². The first kappa shape index (κ1) is 14.0. The van der Waals surface area contributed by atoms with Gasteiger partial charge in [-0.3, -0.25) is 0 Å². The third-order valence-electron chi connectivity index (χ3n) is 4.93. The van der Waals surface area contributed by atoms with Gasteiger partial charge in [-0.2, -0.15) is 11.8 Å². The molecule has 0 saturated heterocycles. The van der Waals surface area contributed by atoms with Gasteiger partial charge >= 0.3 is 0 Å². The third-order valence-corrected chi connectivity index (χ3v) is 7.28. The van der Waals surface area contributed by atoms with E-state index in [9.17, 15) is 0 Å². The summed E-state index contributed by atoms with van der Waals surface area (Å²) in [5.74, 6) is 4.09. The Kier molecular flexibility index (Phi) is 4.55. The van der Waals surface area contributed by atoms with E-state index in [1.807, 2.05) is 11.3 Å². The molecule has 19 heavy (non-hydrogen) atoms. The Labute approximate surface area is 125 Å². The second-order valence-corrected chi connectivity index (χ2v) is 8.32. The van der Waals surface area contributed by atoms with Crippen LogP contribution in [0.1, 0.15) is 60.4 Å². The van der Waals surface area contributed by atoms with Crippen LogP contribution in [0.15, 0.2) is 6.07 Å². The van der Waals surface area contributed by atoms with Gasteiger partial charge < -0.3 is 5.73 Å². The first-order chi connectivity index (χ1) is 9.29. The maximum Gasteiger partial charge on any atom is 0.0421 e. The van der Waals surface area contributed by atoms with Crippen LogP contribution in [-0.2, 0) is 12.2 Å². The van der Waals surface area contributed by atoms with E-state index < -0.39 is 0 Å². The van der Waals surface area contributed by atoms with E-state index in [2.05, 4.69) is 24.8 Å². The molecule has 1 aliphatic heterocycles. The molecular weight excluding hydrogens is 270 g/mol. The Hall–Kier alpha value is 0.01000. The minimum Gasteiger partial charge on any atom is -0.323 e. The van der Waals surface area contributed by atoms with Gasteiger partial charge in [-0.15, -0.1) is 11.3 Å². The van der Waals surface area contributed by atoms with Crippen LogP contribution < -0.4 is 5.73 Å². The minimum atomic E-state index is 0.297. The molecule has 1 aliphatic carbocycles. The number of aryl methyl sites for hydroxylation is 1.